The highest BCUT2D eigenvalue weighted by Gasteiger charge is 2.22. The molecule has 0 spiro atoms. The summed E-state index contributed by atoms with van der Waals surface area (Å²) < 4.78 is 4.59. The van der Waals surface area contributed by atoms with Crippen molar-refractivity contribution < 1.29 is 14.3 Å². The lowest BCUT2D eigenvalue weighted by Crippen LogP contribution is -2.18. The van der Waals surface area contributed by atoms with Gasteiger partial charge in [0.15, 0.2) is 5.17 Å². The Balaban J connectivity index is 2.21. The van der Waals surface area contributed by atoms with Crippen LogP contribution < -0.4 is 5.32 Å². The van der Waals surface area contributed by atoms with Gasteiger partial charge in [0.1, 0.15) is 0 Å². The summed E-state index contributed by atoms with van der Waals surface area (Å²) in [7, 11) is 1.32. The Labute approximate surface area is 108 Å². The average Bonchev–Trinajstić information content (AvgIpc) is 2.68. The number of methoxy groups -OCH3 is 1. The van der Waals surface area contributed by atoms with E-state index in [4.69, 9.17) is 5.41 Å². The number of nitrogens with one attached hydrogen (secondary N) is 2. The summed E-state index contributed by atoms with van der Waals surface area (Å²) in [6.07, 6.45) is 1.67. The Bertz CT molecular complexity index is 549. The summed E-state index contributed by atoms with van der Waals surface area (Å²) in [5, 5.41) is 9.83. The molecule has 0 aliphatic carbocycles. The number of carbonyl (C=O) groups excluding carboxylic acids is 2. The Morgan fingerprint density at radius 3 is 2.56 bits per heavy atom. The zero-order valence-corrected chi connectivity index (χ0v) is 10.3. The van der Waals surface area contributed by atoms with Gasteiger partial charge in [-0.2, -0.15) is 0 Å². The van der Waals surface area contributed by atoms with Crippen LogP contribution in [0.3, 0.4) is 0 Å². The van der Waals surface area contributed by atoms with Gasteiger partial charge in [-0.3, -0.25) is 10.2 Å². The average molecular weight is 262 g/mol. The molecule has 5 nitrogen and oxygen atoms in total. The molecule has 0 atom stereocenters. The normalized spacial score (nSPS) is 16.8. The summed E-state index contributed by atoms with van der Waals surface area (Å²) in [6, 6.07) is 6.69. The van der Waals surface area contributed by atoms with Gasteiger partial charge in [0.25, 0.3) is 5.91 Å². The Kier molecular flexibility index (Phi) is 3.47. The monoisotopic (exact) mass is 262 g/mol. The maximum Gasteiger partial charge on any atom is 0.337 e. The molecule has 0 saturated carbocycles. The molecule has 2 rings (SSSR count). The Morgan fingerprint density at radius 1 is 1.39 bits per heavy atom. The molecule has 1 aliphatic heterocycles. The summed E-state index contributed by atoms with van der Waals surface area (Å²) in [5.74, 6) is -0.675. The van der Waals surface area contributed by atoms with E-state index in [1.54, 1.807) is 30.3 Å². The molecule has 1 fully saturated rings. The lowest BCUT2D eigenvalue weighted by molar-refractivity contribution is -0.115. The molecule has 0 aromatic heterocycles. The molecule has 0 radical (unpaired) electrons. The highest BCUT2D eigenvalue weighted by atomic mass is 32.2. The zero-order chi connectivity index (χ0) is 13.1. The molecule has 6 heteroatoms. The molecule has 1 saturated heterocycles. The van der Waals surface area contributed by atoms with Gasteiger partial charge in [-0.15, -0.1) is 0 Å². The first kappa shape index (κ1) is 12.4. The van der Waals surface area contributed by atoms with Gasteiger partial charge in [-0.25, -0.2) is 4.79 Å². The molecular formula is C12H10N2O3S. The van der Waals surface area contributed by atoms with E-state index in [9.17, 15) is 9.59 Å². The van der Waals surface area contributed by atoms with E-state index < -0.39 is 5.97 Å². The van der Waals surface area contributed by atoms with Gasteiger partial charge in [-0.1, -0.05) is 12.1 Å². The number of hydrogen-bond donors (Lipinski definition) is 2. The maximum atomic E-state index is 11.4. The van der Waals surface area contributed by atoms with Crippen LogP contribution in [0.5, 0.6) is 0 Å². The van der Waals surface area contributed by atoms with Crippen molar-refractivity contribution in [3.63, 3.8) is 0 Å². The van der Waals surface area contributed by atoms with Crippen LogP contribution in [0, 0.1) is 5.41 Å². The van der Waals surface area contributed by atoms with Crippen LogP contribution in [0.2, 0.25) is 0 Å². The van der Waals surface area contributed by atoms with Crippen LogP contribution in [-0.2, 0) is 9.53 Å². The number of ether oxygens (including phenoxy) is 1. The van der Waals surface area contributed by atoms with Gasteiger partial charge in [0, 0.05) is 0 Å². The minimum Gasteiger partial charge on any atom is -0.465 e. The number of amides is 1. The minimum atomic E-state index is -0.399. The second-order valence-corrected chi connectivity index (χ2v) is 4.56. The second kappa shape index (κ2) is 5.05. The number of rotatable bonds is 2. The summed E-state index contributed by atoms with van der Waals surface area (Å²) in [4.78, 5) is 23.1. The standard InChI is InChI=1S/C12H10N2O3S/c1-17-11(16)8-4-2-7(3-5-8)6-9-10(15)14-12(13)18-9/h2-6H,1H3,(H2,13,14,15). The third-order valence-corrected chi connectivity index (χ3v) is 3.12. The lowest BCUT2D eigenvalue weighted by Gasteiger charge is -1.99. The minimum absolute atomic E-state index is 0.123. The van der Waals surface area contributed by atoms with Gasteiger partial charge in [0.2, 0.25) is 0 Å². The van der Waals surface area contributed by atoms with E-state index >= 15 is 0 Å². The zero-order valence-electron chi connectivity index (χ0n) is 9.52. The fraction of sp³-hybridized carbons (Fsp3) is 0.0833. The molecule has 1 amide bonds. The van der Waals surface area contributed by atoms with Crippen LogP contribution in [0.15, 0.2) is 29.2 Å². The van der Waals surface area contributed by atoms with Gasteiger partial charge in [-0.05, 0) is 35.5 Å². The van der Waals surface area contributed by atoms with E-state index in [0.29, 0.717) is 10.5 Å². The van der Waals surface area contributed by atoms with Crippen molar-refractivity contribution in [1.82, 2.24) is 5.32 Å². The molecule has 1 aliphatic rings. The molecule has 0 bridgehead atoms. The Morgan fingerprint density at radius 2 is 2.06 bits per heavy atom. The molecule has 1 heterocycles. The number of amidine groups is 1. The fourth-order valence-electron chi connectivity index (χ4n) is 1.43. The van der Waals surface area contributed by atoms with Crippen LogP contribution >= 0.6 is 11.8 Å². The van der Waals surface area contributed by atoms with Crippen LogP contribution in [0.1, 0.15) is 15.9 Å². The van der Waals surface area contributed by atoms with Crippen molar-refractivity contribution in [2.75, 3.05) is 7.11 Å². The van der Waals surface area contributed by atoms with Crippen molar-refractivity contribution in [2.45, 2.75) is 0 Å². The number of benzene rings is 1. The predicted octanol–water partition coefficient (Wildman–Crippen LogP) is 1.61. The van der Waals surface area contributed by atoms with Crippen LogP contribution in [-0.4, -0.2) is 24.2 Å². The van der Waals surface area contributed by atoms with Crippen molar-refractivity contribution >= 4 is 34.9 Å². The largest absolute Gasteiger partial charge is 0.465 e. The van der Waals surface area contributed by atoms with Gasteiger partial charge >= 0.3 is 5.97 Å². The molecular weight excluding hydrogens is 252 g/mol. The van der Waals surface area contributed by atoms with Crippen LogP contribution in [0.25, 0.3) is 6.08 Å². The van der Waals surface area contributed by atoms with Crippen molar-refractivity contribution in [1.29, 1.82) is 5.41 Å². The first-order valence-electron chi connectivity index (χ1n) is 5.08. The topological polar surface area (TPSA) is 79.2 Å². The van der Waals surface area contributed by atoms with E-state index in [1.165, 1.54) is 7.11 Å². The molecule has 1 aromatic carbocycles. The number of thioether (sulfide) groups is 1. The maximum absolute atomic E-state index is 11.4. The third-order valence-electron chi connectivity index (χ3n) is 2.29. The first-order valence-corrected chi connectivity index (χ1v) is 5.89. The summed E-state index contributed by atoms with van der Waals surface area (Å²) in [6.45, 7) is 0. The summed E-state index contributed by atoms with van der Waals surface area (Å²) >= 11 is 1.08. The van der Waals surface area contributed by atoms with Crippen molar-refractivity contribution in [3.05, 3.63) is 40.3 Å². The van der Waals surface area contributed by atoms with E-state index in [2.05, 4.69) is 10.1 Å². The van der Waals surface area contributed by atoms with E-state index in [-0.39, 0.29) is 11.1 Å². The third kappa shape index (κ3) is 2.60. The van der Waals surface area contributed by atoms with Crippen molar-refractivity contribution in [2.24, 2.45) is 0 Å². The second-order valence-electron chi connectivity index (χ2n) is 3.51. The van der Waals surface area contributed by atoms with Crippen LogP contribution in [0.4, 0.5) is 0 Å². The summed E-state index contributed by atoms with van der Waals surface area (Å²) in [5.41, 5.74) is 1.24. The van der Waals surface area contributed by atoms with Gasteiger partial charge in [0.05, 0.1) is 17.6 Å². The number of hydrogen-bond acceptors (Lipinski definition) is 5. The molecule has 18 heavy (non-hydrogen) atoms. The number of esters is 1. The van der Waals surface area contributed by atoms with E-state index in [1.807, 2.05) is 0 Å². The molecule has 1 aromatic rings. The molecule has 2 N–H and O–H groups in total. The van der Waals surface area contributed by atoms with Crippen molar-refractivity contribution in [3.8, 4) is 0 Å². The quantitative estimate of drug-likeness (QED) is 0.627. The predicted molar refractivity (Wildman–Crippen MR) is 69.2 cm³/mol. The molecule has 0 unspecified atom stereocenters. The highest BCUT2D eigenvalue weighted by Crippen LogP contribution is 2.24. The highest BCUT2D eigenvalue weighted by molar-refractivity contribution is 8.18. The van der Waals surface area contributed by atoms with E-state index in [0.717, 1.165) is 17.3 Å². The van der Waals surface area contributed by atoms with Gasteiger partial charge < -0.3 is 10.1 Å². The SMILES string of the molecule is COC(=O)c1ccc(C=C2SC(=N)NC2=O)cc1. The number of carbonyl (C=O) groups is 2. The smallest absolute Gasteiger partial charge is 0.337 e. The Hall–Kier alpha value is -2.08. The molecule has 92 valence electrons. The fourth-order valence-corrected chi connectivity index (χ4v) is 2.13. The first-order chi connectivity index (χ1) is 8.60. The lowest BCUT2D eigenvalue weighted by atomic mass is 10.1.